The lowest BCUT2D eigenvalue weighted by atomic mass is 10.4. The largest absolute Gasteiger partial charge is 0.233 e. The van der Waals surface area contributed by atoms with Crippen molar-refractivity contribution in [2.45, 2.75) is 6.92 Å². The Bertz CT molecular complexity index is 121. The first-order valence-electron chi connectivity index (χ1n) is 1.49. The Morgan fingerprint density at radius 3 is 2.33 bits per heavy atom. The average Bonchev–Trinajstić information content (AvgIpc) is 1.65. The van der Waals surface area contributed by atoms with Gasteiger partial charge in [-0.3, -0.25) is 0 Å². The minimum Gasteiger partial charge on any atom is -0.233 e. The van der Waals surface area contributed by atoms with E-state index in [-0.39, 0.29) is 0 Å². The molecule has 0 N–H and O–H groups in total. The highest BCUT2D eigenvalue weighted by Gasteiger charge is 1.69. The summed E-state index contributed by atoms with van der Waals surface area (Å²) in [7, 11) is 0. The van der Waals surface area contributed by atoms with Crippen molar-refractivity contribution in [1.82, 2.24) is 0 Å². The SMILES string of the molecule is C#CC(C)=C=O. The van der Waals surface area contributed by atoms with Crippen LogP contribution in [0.25, 0.3) is 0 Å². The number of allylic oxidation sites excluding steroid dienone is 1. The molecule has 0 radical (unpaired) electrons. The summed E-state index contributed by atoms with van der Waals surface area (Å²) < 4.78 is 0. The molecule has 0 aromatic rings. The van der Waals surface area contributed by atoms with Crippen LogP contribution in [0.3, 0.4) is 0 Å². The molecule has 0 fully saturated rings. The van der Waals surface area contributed by atoms with Gasteiger partial charge in [0.15, 0.2) is 0 Å². The molecule has 0 saturated heterocycles. The van der Waals surface area contributed by atoms with Crippen LogP contribution in [0.15, 0.2) is 5.57 Å². The van der Waals surface area contributed by atoms with E-state index in [2.05, 4.69) is 5.92 Å². The van der Waals surface area contributed by atoms with Gasteiger partial charge < -0.3 is 0 Å². The molecule has 0 bridgehead atoms. The van der Waals surface area contributed by atoms with Crippen molar-refractivity contribution >= 4 is 5.94 Å². The van der Waals surface area contributed by atoms with Gasteiger partial charge in [-0.15, -0.1) is 6.42 Å². The summed E-state index contributed by atoms with van der Waals surface area (Å²) in [5.74, 6) is 3.65. The predicted octanol–water partition coefficient (Wildman–Crippen LogP) is 0.397. The molecule has 1 heteroatoms. The van der Waals surface area contributed by atoms with Crippen LogP contribution in [0.1, 0.15) is 6.92 Å². The number of hydrogen-bond acceptors (Lipinski definition) is 1. The lowest BCUT2D eigenvalue weighted by molar-refractivity contribution is 0.568. The van der Waals surface area contributed by atoms with Gasteiger partial charge in [0.05, 0.1) is 5.57 Å². The number of rotatable bonds is 0. The van der Waals surface area contributed by atoms with E-state index in [0.29, 0.717) is 5.57 Å². The van der Waals surface area contributed by atoms with Crippen LogP contribution in [-0.4, -0.2) is 5.94 Å². The van der Waals surface area contributed by atoms with E-state index in [1.54, 1.807) is 5.94 Å². The van der Waals surface area contributed by atoms with Gasteiger partial charge in [0, 0.05) is 0 Å². The fourth-order valence-corrected chi connectivity index (χ4v) is 0.0295. The first-order valence-corrected chi connectivity index (χ1v) is 1.49. The second kappa shape index (κ2) is 2.26. The maximum absolute atomic E-state index is 9.43. The van der Waals surface area contributed by atoms with Crippen molar-refractivity contribution in [2.75, 3.05) is 0 Å². The van der Waals surface area contributed by atoms with Gasteiger partial charge in [0.25, 0.3) is 0 Å². The molecule has 0 aromatic carbocycles. The second-order valence-corrected chi connectivity index (χ2v) is 0.871. The molecule has 0 unspecified atom stereocenters. The normalized spacial score (nSPS) is 5.33. The third-order valence-electron chi connectivity index (χ3n) is 0.370. The molecule has 0 atom stereocenters. The average molecular weight is 80.1 g/mol. The molecule has 0 amide bonds. The van der Waals surface area contributed by atoms with Crippen LogP contribution < -0.4 is 0 Å². The summed E-state index contributed by atoms with van der Waals surface area (Å²) in [5.41, 5.74) is 0.315. The molecule has 0 aliphatic rings. The highest BCUT2D eigenvalue weighted by Crippen LogP contribution is 1.73. The Hall–Kier alpha value is -0.990. The summed E-state index contributed by atoms with van der Waals surface area (Å²) in [5, 5.41) is 0. The summed E-state index contributed by atoms with van der Waals surface area (Å²) in [6, 6.07) is 0. The highest BCUT2D eigenvalue weighted by molar-refractivity contribution is 5.58. The number of terminal acetylenes is 1. The number of hydrogen-bond donors (Lipinski definition) is 0. The van der Waals surface area contributed by atoms with Crippen molar-refractivity contribution in [2.24, 2.45) is 0 Å². The van der Waals surface area contributed by atoms with Gasteiger partial charge in [0.2, 0.25) is 0 Å². The van der Waals surface area contributed by atoms with Gasteiger partial charge in [-0.25, -0.2) is 4.79 Å². The van der Waals surface area contributed by atoms with Gasteiger partial charge in [-0.1, -0.05) is 5.92 Å². The van der Waals surface area contributed by atoms with E-state index >= 15 is 0 Å². The van der Waals surface area contributed by atoms with Crippen LogP contribution >= 0.6 is 0 Å². The Balaban J connectivity index is 3.99. The van der Waals surface area contributed by atoms with E-state index in [4.69, 9.17) is 6.42 Å². The van der Waals surface area contributed by atoms with E-state index in [0.717, 1.165) is 0 Å². The van der Waals surface area contributed by atoms with E-state index in [1.807, 2.05) is 0 Å². The van der Waals surface area contributed by atoms with Crippen molar-refractivity contribution in [3.8, 4) is 12.3 Å². The maximum atomic E-state index is 9.43. The Labute approximate surface area is 36.7 Å². The predicted molar refractivity (Wildman–Crippen MR) is 23.7 cm³/mol. The van der Waals surface area contributed by atoms with Crippen molar-refractivity contribution in [1.29, 1.82) is 0 Å². The fourth-order valence-electron chi connectivity index (χ4n) is 0.0295. The zero-order chi connectivity index (χ0) is 4.99. The zero-order valence-electron chi connectivity index (χ0n) is 3.49. The molecule has 0 aromatic heterocycles. The monoisotopic (exact) mass is 80.0 g/mol. The fraction of sp³-hybridized carbons (Fsp3) is 0.200. The van der Waals surface area contributed by atoms with Crippen LogP contribution in [0.2, 0.25) is 0 Å². The Kier molecular flexibility index (Phi) is 1.89. The smallest absolute Gasteiger partial charge is 0.136 e. The minimum absolute atomic E-state index is 0.315. The first kappa shape index (κ1) is 5.01. The Morgan fingerprint density at radius 2 is 2.33 bits per heavy atom. The summed E-state index contributed by atoms with van der Waals surface area (Å²) in [6.45, 7) is 1.53. The lowest BCUT2D eigenvalue weighted by Crippen LogP contribution is -1.62. The molecule has 0 heterocycles. The van der Waals surface area contributed by atoms with Crippen molar-refractivity contribution < 1.29 is 4.79 Å². The van der Waals surface area contributed by atoms with Crippen molar-refractivity contribution in [3.63, 3.8) is 0 Å². The standard InChI is InChI=1S/C5H4O/c1-3-5(2)4-6/h1H,2H3. The van der Waals surface area contributed by atoms with Crippen LogP contribution in [0.5, 0.6) is 0 Å². The molecule has 0 aliphatic carbocycles. The number of carbonyl (C=O) groups excluding carboxylic acids is 1. The third kappa shape index (κ3) is 1.34. The van der Waals surface area contributed by atoms with Gasteiger partial charge >= 0.3 is 0 Å². The molecular weight excluding hydrogens is 76.1 g/mol. The first-order chi connectivity index (χ1) is 2.81. The van der Waals surface area contributed by atoms with Gasteiger partial charge in [-0.05, 0) is 6.92 Å². The lowest BCUT2D eigenvalue weighted by Gasteiger charge is -1.63. The van der Waals surface area contributed by atoms with Gasteiger partial charge in [-0.2, -0.15) is 0 Å². The highest BCUT2D eigenvalue weighted by atomic mass is 16.1. The summed E-state index contributed by atoms with van der Waals surface area (Å²) in [4.78, 5) is 9.43. The van der Waals surface area contributed by atoms with Crippen LogP contribution in [-0.2, 0) is 4.79 Å². The molecule has 0 spiro atoms. The van der Waals surface area contributed by atoms with E-state index < -0.39 is 0 Å². The summed E-state index contributed by atoms with van der Waals surface area (Å²) in [6.07, 6.45) is 4.73. The molecular formula is C5H4O. The molecule has 6 heavy (non-hydrogen) atoms. The van der Waals surface area contributed by atoms with E-state index in [9.17, 15) is 4.79 Å². The topological polar surface area (TPSA) is 17.1 Å². The van der Waals surface area contributed by atoms with Crippen molar-refractivity contribution in [3.05, 3.63) is 5.57 Å². The zero-order valence-corrected chi connectivity index (χ0v) is 3.49. The molecule has 0 saturated carbocycles. The van der Waals surface area contributed by atoms with Gasteiger partial charge in [0.1, 0.15) is 5.94 Å². The van der Waals surface area contributed by atoms with E-state index in [1.165, 1.54) is 6.92 Å². The minimum atomic E-state index is 0.315. The molecule has 1 nitrogen and oxygen atoms in total. The summed E-state index contributed by atoms with van der Waals surface area (Å²) >= 11 is 0. The maximum Gasteiger partial charge on any atom is 0.136 e. The third-order valence-corrected chi connectivity index (χ3v) is 0.370. The second-order valence-electron chi connectivity index (χ2n) is 0.871. The molecule has 0 aliphatic heterocycles. The Morgan fingerprint density at radius 1 is 1.83 bits per heavy atom. The van der Waals surface area contributed by atoms with Crippen LogP contribution in [0, 0.1) is 12.3 Å². The molecule has 30 valence electrons. The van der Waals surface area contributed by atoms with Crippen LogP contribution in [0.4, 0.5) is 0 Å². The molecule has 0 rings (SSSR count). The quantitative estimate of drug-likeness (QED) is 0.304.